The molecule has 0 amide bonds. The monoisotopic (exact) mass is 382 g/mol. The molecule has 0 spiro atoms. The smallest absolute Gasteiger partial charge is 0.165 e. The third-order valence-electron chi connectivity index (χ3n) is 6.99. The predicted molar refractivity (Wildman–Crippen MR) is 106 cm³/mol. The van der Waals surface area contributed by atoms with Gasteiger partial charge < -0.3 is 9.84 Å². The van der Waals surface area contributed by atoms with Crippen molar-refractivity contribution in [3.63, 3.8) is 0 Å². The zero-order valence-corrected chi connectivity index (χ0v) is 16.2. The number of piperidine rings is 3. The molecule has 28 heavy (non-hydrogen) atoms. The SMILES string of the molecule is COc1cc(CN2C[C@H](c3cccc(O)c3)[C@H]3[C@@H]2C2CCN3CC2)ccc1F. The number of benzene rings is 2. The molecular weight excluding hydrogens is 355 g/mol. The Hall–Kier alpha value is -2.11. The van der Waals surface area contributed by atoms with Crippen molar-refractivity contribution in [1.82, 2.24) is 9.80 Å². The van der Waals surface area contributed by atoms with Crippen LogP contribution >= 0.6 is 0 Å². The summed E-state index contributed by atoms with van der Waals surface area (Å²) in [6, 6.07) is 14.0. The molecule has 2 bridgehead atoms. The lowest BCUT2D eigenvalue weighted by Crippen LogP contribution is -2.59. The molecule has 4 nitrogen and oxygen atoms in total. The van der Waals surface area contributed by atoms with Crippen LogP contribution in [-0.4, -0.2) is 53.7 Å². The van der Waals surface area contributed by atoms with E-state index in [2.05, 4.69) is 15.9 Å². The van der Waals surface area contributed by atoms with Crippen molar-refractivity contribution >= 4 is 0 Å². The van der Waals surface area contributed by atoms with Crippen LogP contribution in [-0.2, 0) is 6.54 Å². The second-order valence-corrected chi connectivity index (χ2v) is 8.45. The number of fused-ring (bicyclic) bond motifs is 2. The number of likely N-dealkylation sites (tertiary alicyclic amines) is 1. The lowest BCUT2D eigenvalue weighted by molar-refractivity contribution is -0.00871. The Kier molecular flexibility index (Phi) is 4.52. The average molecular weight is 382 g/mol. The summed E-state index contributed by atoms with van der Waals surface area (Å²) >= 11 is 0. The van der Waals surface area contributed by atoms with Crippen LogP contribution in [0.4, 0.5) is 4.39 Å². The third-order valence-corrected chi connectivity index (χ3v) is 6.99. The van der Waals surface area contributed by atoms with Crippen molar-refractivity contribution in [3.05, 3.63) is 59.4 Å². The van der Waals surface area contributed by atoms with Crippen LogP contribution in [0.1, 0.15) is 29.9 Å². The summed E-state index contributed by atoms with van der Waals surface area (Å²) in [5.41, 5.74) is 2.31. The largest absolute Gasteiger partial charge is 0.508 e. The van der Waals surface area contributed by atoms with Gasteiger partial charge in [-0.15, -0.1) is 0 Å². The van der Waals surface area contributed by atoms with E-state index in [1.165, 1.54) is 44.7 Å². The highest BCUT2D eigenvalue weighted by Crippen LogP contribution is 2.47. The molecule has 1 N–H and O–H groups in total. The van der Waals surface area contributed by atoms with Gasteiger partial charge in [0.2, 0.25) is 0 Å². The molecule has 148 valence electrons. The fourth-order valence-corrected chi connectivity index (χ4v) is 5.81. The van der Waals surface area contributed by atoms with Crippen LogP contribution in [0.15, 0.2) is 42.5 Å². The maximum absolute atomic E-state index is 13.8. The first-order valence-corrected chi connectivity index (χ1v) is 10.2. The van der Waals surface area contributed by atoms with Crippen LogP contribution in [0.25, 0.3) is 0 Å². The molecule has 0 radical (unpaired) electrons. The van der Waals surface area contributed by atoms with Gasteiger partial charge in [-0.2, -0.15) is 0 Å². The topological polar surface area (TPSA) is 35.9 Å². The fourth-order valence-electron chi connectivity index (χ4n) is 5.81. The Morgan fingerprint density at radius 2 is 1.93 bits per heavy atom. The van der Waals surface area contributed by atoms with E-state index in [-0.39, 0.29) is 5.82 Å². The number of hydrogen-bond acceptors (Lipinski definition) is 4. The molecule has 2 aromatic rings. The second-order valence-electron chi connectivity index (χ2n) is 8.45. The number of nitrogens with zero attached hydrogens (tertiary/aromatic N) is 2. The number of phenols is 1. The van der Waals surface area contributed by atoms with Crippen molar-refractivity contribution in [2.75, 3.05) is 26.7 Å². The molecule has 4 aliphatic rings. The van der Waals surface area contributed by atoms with E-state index in [4.69, 9.17) is 4.74 Å². The molecule has 4 fully saturated rings. The standard InChI is InChI=1S/C23H27FN2O2/c1-28-21-11-15(5-6-20(21)24)13-26-14-19(17-3-2-4-18(27)12-17)23-22(26)16-7-9-25(23)10-8-16/h2-6,11-12,16,19,22-23,27H,7-10,13-14H2,1H3/t19-,22+,23+/m1/s1. The number of halogens is 1. The number of rotatable bonds is 4. The lowest BCUT2D eigenvalue weighted by Gasteiger charge is -2.51. The summed E-state index contributed by atoms with van der Waals surface area (Å²) in [5.74, 6) is 1.45. The highest BCUT2D eigenvalue weighted by atomic mass is 19.1. The molecule has 6 rings (SSSR count). The van der Waals surface area contributed by atoms with E-state index in [1.807, 2.05) is 24.3 Å². The predicted octanol–water partition coefficient (Wildman–Crippen LogP) is 3.60. The van der Waals surface area contributed by atoms with Crippen molar-refractivity contribution in [2.24, 2.45) is 5.92 Å². The molecule has 4 aliphatic heterocycles. The number of hydrogen-bond donors (Lipinski definition) is 1. The first-order chi connectivity index (χ1) is 13.6. The molecular formula is C23H27FN2O2. The normalized spacial score (nSPS) is 31.7. The molecule has 0 aromatic heterocycles. The summed E-state index contributed by atoms with van der Waals surface area (Å²) < 4.78 is 19.0. The van der Waals surface area contributed by atoms with Gasteiger partial charge in [0.05, 0.1) is 7.11 Å². The molecule has 4 heterocycles. The summed E-state index contributed by atoms with van der Waals surface area (Å²) in [7, 11) is 1.51. The van der Waals surface area contributed by atoms with Gasteiger partial charge in [0.1, 0.15) is 5.75 Å². The summed E-state index contributed by atoms with van der Waals surface area (Å²) in [5, 5.41) is 10.0. The van der Waals surface area contributed by atoms with E-state index in [1.54, 1.807) is 6.07 Å². The van der Waals surface area contributed by atoms with Crippen molar-refractivity contribution in [2.45, 2.75) is 37.4 Å². The Balaban J connectivity index is 1.47. The Bertz CT molecular complexity index is 865. The number of aromatic hydroxyl groups is 1. The van der Waals surface area contributed by atoms with Gasteiger partial charge in [0.25, 0.3) is 0 Å². The van der Waals surface area contributed by atoms with Gasteiger partial charge in [-0.05, 0) is 67.2 Å². The fraction of sp³-hybridized carbons (Fsp3) is 0.478. The summed E-state index contributed by atoms with van der Waals surface area (Å²) in [4.78, 5) is 5.24. The van der Waals surface area contributed by atoms with Gasteiger partial charge in [-0.25, -0.2) is 4.39 Å². The molecule has 4 saturated heterocycles. The molecule has 5 heteroatoms. The Morgan fingerprint density at radius 1 is 1.11 bits per heavy atom. The minimum atomic E-state index is -0.314. The van der Waals surface area contributed by atoms with Gasteiger partial charge in [-0.3, -0.25) is 9.80 Å². The van der Waals surface area contributed by atoms with E-state index in [0.717, 1.165) is 24.6 Å². The number of methoxy groups -OCH3 is 1. The first-order valence-electron chi connectivity index (χ1n) is 10.2. The van der Waals surface area contributed by atoms with Crippen molar-refractivity contribution < 1.29 is 14.2 Å². The Labute approximate surface area is 165 Å². The van der Waals surface area contributed by atoms with Crippen LogP contribution in [0.5, 0.6) is 11.5 Å². The average Bonchev–Trinajstić information content (AvgIpc) is 3.12. The van der Waals surface area contributed by atoms with E-state index < -0.39 is 0 Å². The van der Waals surface area contributed by atoms with Crippen molar-refractivity contribution in [3.8, 4) is 11.5 Å². The molecule has 0 aliphatic carbocycles. The van der Waals surface area contributed by atoms with Gasteiger partial charge in [0.15, 0.2) is 11.6 Å². The minimum Gasteiger partial charge on any atom is -0.508 e. The van der Waals surface area contributed by atoms with Gasteiger partial charge >= 0.3 is 0 Å². The van der Waals surface area contributed by atoms with Crippen LogP contribution in [0.3, 0.4) is 0 Å². The van der Waals surface area contributed by atoms with Crippen LogP contribution < -0.4 is 4.74 Å². The summed E-state index contributed by atoms with van der Waals surface area (Å²) in [6.45, 7) is 4.13. The highest BCUT2D eigenvalue weighted by Gasteiger charge is 2.53. The number of ether oxygens (including phenoxy) is 1. The Morgan fingerprint density at radius 3 is 2.68 bits per heavy atom. The third kappa shape index (κ3) is 2.97. The quantitative estimate of drug-likeness (QED) is 0.877. The molecule has 3 atom stereocenters. The van der Waals surface area contributed by atoms with Crippen molar-refractivity contribution in [1.29, 1.82) is 0 Å². The zero-order valence-electron chi connectivity index (χ0n) is 16.2. The molecule has 2 aromatic carbocycles. The second kappa shape index (κ2) is 7.05. The maximum atomic E-state index is 13.8. The van der Waals surface area contributed by atoms with E-state index >= 15 is 0 Å². The lowest BCUT2D eigenvalue weighted by atomic mass is 9.75. The summed E-state index contributed by atoms with van der Waals surface area (Å²) in [6.07, 6.45) is 2.52. The van der Waals surface area contributed by atoms with Crippen LogP contribution in [0, 0.1) is 11.7 Å². The van der Waals surface area contributed by atoms with Crippen LogP contribution in [0.2, 0.25) is 0 Å². The molecule has 0 saturated carbocycles. The molecule has 0 unspecified atom stereocenters. The zero-order chi connectivity index (χ0) is 19.3. The first kappa shape index (κ1) is 18.0. The van der Waals surface area contributed by atoms with Gasteiger partial charge in [0, 0.05) is 31.1 Å². The van der Waals surface area contributed by atoms with Gasteiger partial charge in [-0.1, -0.05) is 18.2 Å². The minimum absolute atomic E-state index is 0.312. The maximum Gasteiger partial charge on any atom is 0.165 e. The van der Waals surface area contributed by atoms with E-state index in [0.29, 0.717) is 29.5 Å². The number of phenolic OH excluding ortho intramolecular Hbond substituents is 1. The highest BCUT2D eigenvalue weighted by molar-refractivity contribution is 5.34. The van der Waals surface area contributed by atoms with E-state index in [9.17, 15) is 9.50 Å².